The lowest BCUT2D eigenvalue weighted by atomic mass is 9.78. The lowest BCUT2D eigenvalue weighted by Crippen LogP contribution is -2.54. The molecule has 0 aliphatic carbocycles. The first-order valence-electron chi connectivity index (χ1n) is 10.2. The molecule has 2 aliphatic heterocycles. The zero-order valence-electron chi connectivity index (χ0n) is 16.7. The van der Waals surface area contributed by atoms with Crippen LogP contribution in [0, 0.1) is 18.3 Å². The molecule has 2 saturated heterocycles. The van der Waals surface area contributed by atoms with E-state index in [4.69, 9.17) is 10.5 Å². The summed E-state index contributed by atoms with van der Waals surface area (Å²) in [6.45, 7) is 5.57. The van der Waals surface area contributed by atoms with Crippen LogP contribution in [0.3, 0.4) is 0 Å². The largest absolute Gasteiger partial charge is 0.381 e. The lowest BCUT2D eigenvalue weighted by Gasteiger charge is -2.42. The fourth-order valence-electron chi connectivity index (χ4n) is 4.07. The molecular weight excluding hydrogens is 356 g/mol. The van der Waals surface area contributed by atoms with Crippen LogP contribution in [0.4, 0.5) is 10.5 Å². The molecule has 7 nitrogen and oxygen atoms in total. The Morgan fingerprint density at radius 2 is 1.96 bits per heavy atom. The number of aryl methyl sites for hydroxylation is 1. The molecule has 0 spiro atoms. The summed E-state index contributed by atoms with van der Waals surface area (Å²) in [7, 11) is 0. The highest BCUT2D eigenvalue weighted by atomic mass is 16.5. The Labute approximate surface area is 167 Å². The summed E-state index contributed by atoms with van der Waals surface area (Å²) in [4.78, 5) is 27.3. The van der Waals surface area contributed by atoms with Gasteiger partial charge in [-0.1, -0.05) is 17.7 Å². The highest BCUT2D eigenvalue weighted by molar-refractivity contribution is 5.89. The summed E-state index contributed by atoms with van der Waals surface area (Å²) in [5.74, 6) is 0.420. The Kier molecular flexibility index (Phi) is 6.91. The van der Waals surface area contributed by atoms with E-state index in [9.17, 15) is 9.59 Å². The summed E-state index contributed by atoms with van der Waals surface area (Å²) < 4.78 is 5.42. The molecule has 0 aromatic heterocycles. The Balaban J connectivity index is 1.49. The van der Waals surface area contributed by atoms with Crippen LogP contribution in [-0.2, 0) is 9.53 Å². The van der Waals surface area contributed by atoms with Crippen molar-refractivity contribution in [2.45, 2.75) is 32.6 Å². The number of nitrogens with zero attached hydrogens (tertiary/aromatic N) is 1. The number of carbonyl (C=O) groups is 2. The van der Waals surface area contributed by atoms with Gasteiger partial charge >= 0.3 is 6.03 Å². The molecule has 2 aliphatic rings. The van der Waals surface area contributed by atoms with Crippen molar-refractivity contribution in [2.75, 3.05) is 44.7 Å². The van der Waals surface area contributed by atoms with E-state index < -0.39 is 5.41 Å². The van der Waals surface area contributed by atoms with Crippen LogP contribution in [0.5, 0.6) is 0 Å². The Morgan fingerprint density at radius 3 is 2.64 bits per heavy atom. The van der Waals surface area contributed by atoms with Gasteiger partial charge in [0.2, 0.25) is 5.91 Å². The molecule has 0 saturated carbocycles. The van der Waals surface area contributed by atoms with Gasteiger partial charge in [0.15, 0.2) is 0 Å². The van der Waals surface area contributed by atoms with E-state index in [1.165, 1.54) is 0 Å². The van der Waals surface area contributed by atoms with Crippen LogP contribution >= 0.6 is 0 Å². The molecule has 28 heavy (non-hydrogen) atoms. The molecule has 2 heterocycles. The number of rotatable bonds is 5. The van der Waals surface area contributed by atoms with E-state index in [1.807, 2.05) is 36.1 Å². The Hall–Kier alpha value is -2.12. The quantitative estimate of drug-likeness (QED) is 0.720. The van der Waals surface area contributed by atoms with Gasteiger partial charge < -0.3 is 26.0 Å². The normalized spacial score (nSPS) is 21.8. The molecule has 3 amide bonds. The van der Waals surface area contributed by atoms with Gasteiger partial charge in [-0.05, 0) is 50.7 Å². The van der Waals surface area contributed by atoms with E-state index in [2.05, 4.69) is 10.6 Å². The van der Waals surface area contributed by atoms with Crippen molar-refractivity contribution >= 4 is 17.6 Å². The van der Waals surface area contributed by atoms with Crippen LogP contribution in [0.1, 0.15) is 31.2 Å². The fraction of sp³-hybridized carbons (Fsp3) is 0.619. The average molecular weight is 389 g/mol. The van der Waals surface area contributed by atoms with Crippen molar-refractivity contribution in [1.82, 2.24) is 10.2 Å². The van der Waals surface area contributed by atoms with Crippen molar-refractivity contribution in [1.29, 1.82) is 0 Å². The molecule has 1 atom stereocenters. The molecule has 1 unspecified atom stereocenters. The molecule has 1 aromatic rings. The van der Waals surface area contributed by atoms with E-state index in [0.717, 1.165) is 30.6 Å². The smallest absolute Gasteiger partial charge is 0.319 e. The predicted molar refractivity (Wildman–Crippen MR) is 109 cm³/mol. The van der Waals surface area contributed by atoms with Gasteiger partial charge in [0, 0.05) is 45.1 Å². The van der Waals surface area contributed by atoms with Gasteiger partial charge in [-0.15, -0.1) is 0 Å². The number of hydrogen-bond acceptors (Lipinski definition) is 4. The molecule has 0 radical (unpaired) electrons. The topological polar surface area (TPSA) is 96.7 Å². The molecule has 4 N–H and O–H groups in total. The van der Waals surface area contributed by atoms with E-state index in [1.54, 1.807) is 0 Å². The third kappa shape index (κ3) is 5.02. The van der Waals surface area contributed by atoms with Crippen LogP contribution in [0.25, 0.3) is 0 Å². The Morgan fingerprint density at radius 1 is 1.25 bits per heavy atom. The van der Waals surface area contributed by atoms with Gasteiger partial charge in [-0.3, -0.25) is 4.79 Å². The first-order valence-corrected chi connectivity index (χ1v) is 10.2. The lowest BCUT2D eigenvalue weighted by molar-refractivity contribution is -0.149. The van der Waals surface area contributed by atoms with E-state index in [0.29, 0.717) is 45.7 Å². The Bertz CT molecular complexity index is 671. The second-order valence-corrected chi connectivity index (χ2v) is 8.06. The number of amides is 3. The maximum atomic E-state index is 13.1. The number of ether oxygens (including phenoxy) is 1. The van der Waals surface area contributed by atoms with Crippen LogP contribution in [-0.4, -0.2) is 56.2 Å². The standard InChI is InChI=1S/C21H32N4O3/c1-16-4-6-18(7-5-16)24-20(27)23-13-17-3-2-10-25(14-17)19(26)21(15-22)8-11-28-12-9-21/h4-7,17H,2-3,8-15,22H2,1H3,(H2,23,24,27). The highest BCUT2D eigenvalue weighted by Crippen LogP contribution is 2.33. The average Bonchev–Trinajstić information content (AvgIpc) is 2.74. The minimum atomic E-state index is -0.476. The van der Waals surface area contributed by atoms with Crippen LogP contribution in [0.15, 0.2) is 24.3 Å². The maximum absolute atomic E-state index is 13.1. The molecule has 0 bridgehead atoms. The number of urea groups is 1. The van der Waals surface area contributed by atoms with E-state index in [-0.39, 0.29) is 17.9 Å². The highest BCUT2D eigenvalue weighted by Gasteiger charge is 2.42. The van der Waals surface area contributed by atoms with Crippen molar-refractivity contribution in [2.24, 2.45) is 17.1 Å². The van der Waals surface area contributed by atoms with Crippen molar-refractivity contribution in [3.63, 3.8) is 0 Å². The van der Waals surface area contributed by atoms with Crippen molar-refractivity contribution in [3.05, 3.63) is 29.8 Å². The molecule has 3 rings (SSSR count). The first kappa shape index (κ1) is 20.6. The monoisotopic (exact) mass is 388 g/mol. The van der Waals surface area contributed by atoms with E-state index >= 15 is 0 Å². The minimum Gasteiger partial charge on any atom is -0.381 e. The second-order valence-electron chi connectivity index (χ2n) is 8.06. The number of likely N-dealkylation sites (tertiary alicyclic amines) is 1. The first-order chi connectivity index (χ1) is 13.5. The predicted octanol–water partition coefficient (Wildman–Crippen LogP) is 2.11. The van der Waals surface area contributed by atoms with Crippen LogP contribution < -0.4 is 16.4 Å². The summed E-state index contributed by atoms with van der Waals surface area (Å²) in [6, 6.07) is 7.48. The maximum Gasteiger partial charge on any atom is 0.319 e. The van der Waals surface area contributed by atoms with Gasteiger partial charge in [0.1, 0.15) is 0 Å². The molecule has 7 heteroatoms. The molecule has 2 fully saturated rings. The zero-order chi connectivity index (χ0) is 20.0. The van der Waals surface area contributed by atoms with Gasteiger partial charge in [0.25, 0.3) is 0 Å². The summed E-state index contributed by atoms with van der Waals surface area (Å²) in [5, 5.41) is 5.79. The van der Waals surface area contributed by atoms with Gasteiger partial charge in [0.05, 0.1) is 5.41 Å². The number of nitrogens with two attached hydrogens (primary N) is 1. The van der Waals surface area contributed by atoms with Crippen molar-refractivity contribution in [3.8, 4) is 0 Å². The third-order valence-corrected chi connectivity index (χ3v) is 5.96. The summed E-state index contributed by atoms with van der Waals surface area (Å²) >= 11 is 0. The zero-order valence-corrected chi connectivity index (χ0v) is 16.7. The number of anilines is 1. The molecular formula is C21H32N4O3. The van der Waals surface area contributed by atoms with Gasteiger partial charge in [-0.2, -0.15) is 0 Å². The third-order valence-electron chi connectivity index (χ3n) is 5.96. The van der Waals surface area contributed by atoms with Crippen LogP contribution in [0.2, 0.25) is 0 Å². The number of nitrogens with one attached hydrogen (secondary N) is 2. The number of hydrogen-bond donors (Lipinski definition) is 3. The van der Waals surface area contributed by atoms with Crippen molar-refractivity contribution < 1.29 is 14.3 Å². The fourth-order valence-corrected chi connectivity index (χ4v) is 4.07. The van der Waals surface area contributed by atoms with Gasteiger partial charge in [-0.25, -0.2) is 4.79 Å². The summed E-state index contributed by atoms with van der Waals surface area (Å²) in [6.07, 6.45) is 3.35. The second kappa shape index (κ2) is 9.39. The minimum absolute atomic E-state index is 0.159. The molecule has 154 valence electrons. The number of piperidine rings is 1. The molecule has 1 aromatic carbocycles. The number of benzene rings is 1. The number of carbonyl (C=O) groups excluding carboxylic acids is 2. The SMILES string of the molecule is Cc1ccc(NC(=O)NCC2CCCN(C(=O)C3(CN)CCOCC3)C2)cc1. The summed E-state index contributed by atoms with van der Waals surface area (Å²) in [5.41, 5.74) is 7.44.